The minimum Gasteiger partial charge on any atom is -0.326 e. The topological polar surface area (TPSA) is 86.2 Å². The number of rotatable bonds is 7. The molecule has 8 nitrogen and oxygen atoms in total. The Balaban J connectivity index is 1.27. The molecule has 0 aliphatic carbocycles. The van der Waals surface area contributed by atoms with Crippen LogP contribution in [0.4, 0.5) is 5.69 Å². The second kappa shape index (κ2) is 8.74. The number of fused-ring (bicyclic) bond motifs is 2. The van der Waals surface area contributed by atoms with Crippen LogP contribution in [0.1, 0.15) is 19.8 Å². The van der Waals surface area contributed by atoms with E-state index in [1.54, 1.807) is 15.3 Å². The van der Waals surface area contributed by atoms with Gasteiger partial charge in [-0.05, 0) is 36.8 Å². The predicted octanol–water partition coefficient (Wildman–Crippen LogP) is 3.95. The fourth-order valence-corrected chi connectivity index (χ4v) is 4.06. The number of aryl methyl sites for hydroxylation is 2. The first-order chi connectivity index (χ1) is 16.1. The lowest BCUT2D eigenvalue weighted by molar-refractivity contribution is -0.116. The third kappa shape index (κ3) is 4.03. The molecule has 33 heavy (non-hydrogen) atoms. The zero-order valence-electron chi connectivity index (χ0n) is 18.3. The smallest absolute Gasteiger partial charge is 0.326 e. The maximum atomic E-state index is 12.9. The van der Waals surface area contributed by atoms with Crippen LogP contribution in [0.5, 0.6) is 0 Å². The molecule has 0 spiro atoms. The Kier molecular flexibility index (Phi) is 5.48. The summed E-state index contributed by atoms with van der Waals surface area (Å²) in [5.41, 5.74) is 4.14. The largest absolute Gasteiger partial charge is 0.329 e. The highest BCUT2D eigenvalue weighted by Gasteiger charge is 2.13. The van der Waals surface area contributed by atoms with Crippen molar-refractivity contribution in [1.82, 2.24) is 23.5 Å². The molecule has 0 saturated carbocycles. The molecule has 0 bridgehead atoms. The first-order valence-corrected chi connectivity index (χ1v) is 11.0. The summed E-state index contributed by atoms with van der Waals surface area (Å²) in [5, 5.41) is 2.92. The zero-order valence-corrected chi connectivity index (χ0v) is 18.3. The van der Waals surface area contributed by atoms with Crippen molar-refractivity contribution < 1.29 is 4.79 Å². The summed E-state index contributed by atoms with van der Waals surface area (Å²) >= 11 is 0. The normalized spacial score (nSPS) is 11.3. The van der Waals surface area contributed by atoms with Gasteiger partial charge in [0.1, 0.15) is 0 Å². The fourth-order valence-electron chi connectivity index (χ4n) is 4.06. The van der Waals surface area contributed by atoms with Gasteiger partial charge in [-0.25, -0.2) is 14.8 Å². The Morgan fingerprint density at radius 1 is 0.970 bits per heavy atom. The molecule has 5 rings (SSSR count). The van der Waals surface area contributed by atoms with E-state index in [2.05, 4.69) is 15.3 Å². The van der Waals surface area contributed by atoms with Crippen LogP contribution >= 0.6 is 0 Å². The number of hydrogen-bond donors (Lipinski definition) is 1. The summed E-state index contributed by atoms with van der Waals surface area (Å²) in [6.45, 7) is 3.03. The van der Waals surface area contributed by atoms with Crippen LogP contribution in [-0.2, 0) is 17.9 Å². The van der Waals surface area contributed by atoms with Crippen molar-refractivity contribution in [2.75, 3.05) is 5.32 Å². The second-order valence-corrected chi connectivity index (χ2v) is 7.90. The average molecular weight is 441 g/mol. The molecule has 0 aliphatic rings. The predicted molar refractivity (Wildman–Crippen MR) is 128 cm³/mol. The second-order valence-electron chi connectivity index (χ2n) is 7.90. The van der Waals surface area contributed by atoms with E-state index in [1.807, 2.05) is 78.3 Å². The average Bonchev–Trinajstić information content (AvgIpc) is 3.38. The third-order valence-electron chi connectivity index (χ3n) is 5.63. The van der Waals surface area contributed by atoms with E-state index in [1.165, 1.54) is 0 Å². The molecule has 0 fully saturated rings. The standard InChI is InChI=1S/C25H24N6O2/c1-2-14-30-21-6-3-4-7-22(21)31(25(30)33)16-12-23(32)27-19-10-8-18(9-11-19)20-17-29-15-5-13-26-24(29)28-20/h3-11,13,15,17H,2,12,14,16H2,1H3,(H,27,32). The van der Waals surface area contributed by atoms with Gasteiger partial charge >= 0.3 is 5.69 Å². The van der Waals surface area contributed by atoms with Gasteiger partial charge in [0.05, 0.1) is 16.7 Å². The minimum absolute atomic E-state index is 0.0721. The van der Waals surface area contributed by atoms with Gasteiger partial charge in [0.25, 0.3) is 0 Å². The van der Waals surface area contributed by atoms with Gasteiger partial charge in [0, 0.05) is 49.4 Å². The van der Waals surface area contributed by atoms with E-state index in [0.717, 1.165) is 28.7 Å². The lowest BCUT2D eigenvalue weighted by atomic mass is 10.1. The molecule has 5 aromatic rings. The number of carbonyl (C=O) groups is 1. The first-order valence-electron chi connectivity index (χ1n) is 11.0. The number of anilines is 1. The van der Waals surface area contributed by atoms with Crippen molar-refractivity contribution in [1.29, 1.82) is 0 Å². The Bertz CT molecular complexity index is 1460. The van der Waals surface area contributed by atoms with E-state index in [4.69, 9.17) is 0 Å². The SMILES string of the molecule is CCCn1c(=O)n(CCC(=O)Nc2ccc(-c3cn4cccnc4n3)cc2)c2ccccc21. The van der Waals surface area contributed by atoms with Gasteiger partial charge in [-0.3, -0.25) is 18.3 Å². The van der Waals surface area contributed by atoms with Crippen molar-refractivity contribution in [3.8, 4) is 11.3 Å². The fraction of sp³-hybridized carbons (Fsp3) is 0.200. The number of amides is 1. The molecule has 0 saturated heterocycles. The van der Waals surface area contributed by atoms with Crippen LogP contribution in [0.15, 0.2) is 78.0 Å². The van der Waals surface area contributed by atoms with Gasteiger partial charge in [-0.15, -0.1) is 0 Å². The van der Waals surface area contributed by atoms with Crippen LogP contribution < -0.4 is 11.0 Å². The summed E-state index contributed by atoms with van der Waals surface area (Å²) < 4.78 is 5.33. The van der Waals surface area contributed by atoms with Crippen LogP contribution in [0.25, 0.3) is 28.1 Å². The lowest BCUT2D eigenvalue weighted by Crippen LogP contribution is -2.26. The third-order valence-corrected chi connectivity index (χ3v) is 5.63. The Morgan fingerprint density at radius 3 is 2.39 bits per heavy atom. The summed E-state index contributed by atoms with van der Waals surface area (Å²) in [4.78, 5) is 34.2. The van der Waals surface area contributed by atoms with Crippen LogP contribution in [0, 0.1) is 0 Å². The van der Waals surface area contributed by atoms with E-state index in [-0.39, 0.29) is 18.0 Å². The molecule has 0 radical (unpaired) electrons. The molecule has 1 amide bonds. The van der Waals surface area contributed by atoms with Crippen LogP contribution in [0.3, 0.4) is 0 Å². The van der Waals surface area contributed by atoms with Gasteiger partial charge in [0.2, 0.25) is 11.7 Å². The highest BCUT2D eigenvalue weighted by molar-refractivity contribution is 5.91. The molecule has 0 aliphatic heterocycles. The number of imidazole rings is 2. The van der Waals surface area contributed by atoms with Crippen molar-refractivity contribution in [2.45, 2.75) is 32.9 Å². The van der Waals surface area contributed by atoms with Crippen molar-refractivity contribution in [2.24, 2.45) is 0 Å². The molecule has 3 aromatic heterocycles. The summed E-state index contributed by atoms with van der Waals surface area (Å²) in [7, 11) is 0. The number of nitrogens with zero attached hydrogens (tertiary/aromatic N) is 5. The maximum absolute atomic E-state index is 12.9. The number of benzene rings is 2. The summed E-state index contributed by atoms with van der Waals surface area (Å²) in [6.07, 6.45) is 6.61. The quantitative estimate of drug-likeness (QED) is 0.415. The molecule has 1 N–H and O–H groups in total. The zero-order chi connectivity index (χ0) is 22.8. The molecule has 2 aromatic carbocycles. The van der Waals surface area contributed by atoms with Gasteiger partial charge in [0.15, 0.2) is 0 Å². The maximum Gasteiger partial charge on any atom is 0.329 e. The molecular formula is C25H24N6O2. The van der Waals surface area contributed by atoms with Gasteiger partial charge < -0.3 is 5.32 Å². The number of aromatic nitrogens is 5. The van der Waals surface area contributed by atoms with Crippen molar-refractivity contribution in [3.63, 3.8) is 0 Å². The van der Waals surface area contributed by atoms with E-state index < -0.39 is 0 Å². The summed E-state index contributed by atoms with van der Waals surface area (Å²) in [6, 6.07) is 17.1. The molecule has 8 heteroatoms. The number of hydrogen-bond acceptors (Lipinski definition) is 4. The Hall–Kier alpha value is -4.20. The number of para-hydroxylation sites is 2. The minimum atomic E-state index is -0.140. The van der Waals surface area contributed by atoms with Crippen LogP contribution in [-0.4, -0.2) is 29.4 Å². The van der Waals surface area contributed by atoms with E-state index in [9.17, 15) is 9.59 Å². The lowest BCUT2D eigenvalue weighted by Gasteiger charge is -2.07. The molecule has 3 heterocycles. The molecular weight excluding hydrogens is 416 g/mol. The Labute approximate surface area is 190 Å². The molecule has 166 valence electrons. The monoisotopic (exact) mass is 440 g/mol. The highest BCUT2D eigenvalue weighted by Crippen LogP contribution is 2.21. The van der Waals surface area contributed by atoms with E-state index in [0.29, 0.717) is 24.6 Å². The van der Waals surface area contributed by atoms with Gasteiger partial charge in [-0.1, -0.05) is 31.2 Å². The number of nitrogens with one attached hydrogen (secondary N) is 1. The van der Waals surface area contributed by atoms with Crippen molar-refractivity contribution >= 4 is 28.4 Å². The van der Waals surface area contributed by atoms with E-state index >= 15 is 0 Å². The molecule has 0 atom stereocenters. The number of carbonyl (C=O) groups excluding carboxylic acids is 1. The van der Waals surface area contributed by atoms with Crippen LogP contribution in [0.2, 0.25) is 0 Å². The first kappa shape index (κ1) is 20.7. The highest BCUT2D eigenvalue weighted by atomic mass is 16.2. The summed E-state index contributed by atoms with van der Waals surface area (Å²) in [5.74, 6) is 0.499. The Morgan fingerprint density at radius 2 is 1.70 bits per heavy atom. The molecule has 0 unspecified atom stereocenters. The van der Waals surface area contributed by atoms with Crippen molar-refractivity contribution in [3.05, 3.63) is 83.7 Å². The van der Waals surface area contributed by atoms with Gasteiger partial charge in [-0.2, -0.15) is 0 Å².